The highest BCUT2D eigenvalue weighted by Gasteiger charge is 2.25. The van der Waals surface area contributed by atoms with E-state index in [0.29, 0.717) is 0 Å². The van der Waals surface area contributed by atoms with Gasteiger partial charge in [0.2, 0.25) is 0 Å². The smallest absolute Gasteiger partial charge is 0.0159 e. The molecule has 0 aliphatic heterocycles. The summed E-state index contributed by atoms with van der Waals surface area (Å²) in [6.45, 7) is 8.93. The van der Waals surface area contributed by atoms with Gasteiger partial charge in [-0.15, -0.1) is 0 Å². The lowest BCUT2D eigenvalue weighted by Gasteiger charge is -2.31. The molecule has 0 aromatic heterocycles. The zero-order valence-electron chi connectivity index (χ0n) is 15.6. The molecule has 2 aromatic carbocycles. The highest BCUT2D eigenvalue weighted by atomic mass is 14.3. The Hall–Kier alpha value is -1.82. The minimum absolute atomic E-state index is 0.718. The Balaban J connectivity index is 1.76. The highest BCUT2D eigenvalue weighted by Crippen LogP contribution is 2.42. The van der Waals surface area contributed by atoms with Crippen molar-refractivity contribution < 1.29 is 0 Å². The fraction of sp³-hybridized carbons (Fsp3) is 0.417. The zero-order valence-corrected chi connectivity index (χ0v) is 15.6. The van der Waals surface area contributed by atoms with E-state index in [1.807, 2.05) is 0 Å². The van der Waals surface area contributed by atoms with Crippen molar-refractivity contribution in [3.8, 4) is 0 Å². The molecule has 0 bridgehead atoms. The molecule has 0 amide bonds. The highest BCUT2D eigenvalue weighted by molar-refractivity contribution is 5.71. The van der Waals surface area contributed by atoms with E-state index in [9.17, 15) is 0 Å². The quantitative estimate of drug-likeness (QED) is 0.572. The van der Waals surface area contributed by atoms with Crippen LogP contribution in [-0.2, 0) is 0 Å². The second kappa shape index (κ2) is 7.38. The number of hydrogen-bond acceptors (Lipinski definition) is 0. The monoisotopic (exact) mass is 318 g/mol. The third kappa shape index (κ3) is 3.48. The summed E-state index contributed by atoms with van der Waals surface area (Å²) in [5, 5.41) is 0. The number of hydrogen-bond donors (Lipinski definition) is 0. The number of aryl methyl sites for hydroxylation is 3. The van der Waals surface area contributed by atoms with Crippen LogP contribution in [0.1, 0.15) is 66.3 Å². The topological polar surface area (TPSA) is 0 Å². The standard InChI is InChI=1S/C24H30/c1-5-23(24-16-18(3)17(2)15-19(24)4)22-13-11-21(12-14-22)20-9-7-6-8-10-20/h5-10,15-16,21-22H,11-14H2,1-4H3/b23-5-. The van der Waals surface area contributed by atoms with E-state index in [4.69, 9.17) is 0 Å². The van der Waals surface area contributed by atoms with Crippen molar-refractivity contribution in [3.05, 3.63) is 76.4 Å². The van der Waals surface area contributed by atoms with Crippen molar-refractivity contribution in [3.63, 3.8) is 0 Å². The maximum atomic E-state index is 2.41. The van der Waals surface area contributed by atoms with Crippen LogP contribution < -0.4 is 0 Å². The molecule has 24 heavy (non-hydrogen) atoms. The van der Waals surface area contributed by atoms with Gasteiger partial charge in [0.15, 0.2) is 0 Å². The van der Waals surface area contributed by atoms with Crippen molar-refractivity contribution in [2.75, 3.05) is 0 Å². The molecule has 2 aromatic rings. The summed E-state index contributed by atoms with van der Waals surface area (Å²) in [4.78, 5) is 0. The van der Waals surface area contributed by atoms with Crippen molar-refractivity contribution in [1.29, 1.82) is 0 Å². The van der Waals surface area contributed by atoms with E-state index in [-0.39, 0.29) is 0 Å². The molecule has 1 aliphatic carbocycles. The van der Waals surface area contributed by atoms with Gasteiger partial charge in [-0.05, 0) is 98.6 Å². The first-order valence-electron chi connectivity index (χ1n) is 9.39. The fourth-order valence-corrected chi connectivity index (χ4v) is 4.35. The molecule has 1 aliphatic rings. The zero-order chi connectivity index (χ0) is 17.1. The van der Waals surface area contributed by atoms with Gasteiger partial charge in [-0.1, -0.05) is 48.5 Å². The molecular weight excluding hydrogens is 288 g/mol. The summed E-state index contributed by atoms with van der Waals surface area (Å²) in [5.41, 5.74) is 8.81. The molecule has 1 saturated carbocycles. The molecule has 126 valence electrons. The van der Waals surface area contributed by atoms with Crippen molar-refractivity contribution in [2.45, 2.75) is 59.3 Å². The summed E-state index contributed by atoms with van der Waals surface area (Å²) in [7, 11) is 0. The Morgan fingerprint density at radius 2 is 1.46 bits per heavy atom. The Kier molecular flexibility index (Phi) is 5.23. The van der Waals surface area contributed by atoms with E-state index in [0.717, 1.165) is 11.8 Å². The molecule has 0 atom stereocenters. The van der Waals surface area contributed by atoms with Crippen LogP contribution in [0.3, 0.4) is 0 Å². The molecule has 0 saturated heterocycles. The average Bonchev–Trinajstić information content (AvgIpc) is 2.61. The first kappa shape index (κ1) is 17.0. The van der Waals surface area contributed by atoms with Crippen LogP contribution in [0.4, 0.5) is 0 Å². The lowest BCUT2D eigenvalue weighted by atomic mass is 9.74. The molecule has 3 rings (SSSR count). The van der Waals surface area contributed by atoms with Crippen LogP contribution in [-0.4, -0.2) is 0 Å². The summed E-state index contributed by atoms with van der Waals surface area (Å²) in [6, 6.07) is 15.8. The van der Waals surface area contributed by atoms with Gasteiger partial charge in [0.05, 0.1) is 0 Å². The summed E-state index contributed by atoms with van der Waals surface area (Å²) in [6.07, 6.45) is 7.62. The second-order valence-electron chi connectivity index (χ2n) is 7.45. The Bertz CT molecular complexity index is 713. The van der Waals surface area contributed by atoms with Crippen LogP contribution in [0.15, 0.2) is 48.5 Å². The largest absolute Gasteiger partial charge is 0.0836 e. The van der Waals surface area contributed by atoms with Crippen molar-refractivity contribution in [1.82, 2.24) is 0 Å². The lowest BCUT2D eigenvalue weighted by Crippen LogP contribution is -2.15. The summed E-state index contributed by atoms with van der Waals surface area (Å²) >= 11 is 0. The van der Waals surface area contributed by atoms with Crippen LogP contribution in [0.25, 0.3) is 5.57 Å². The minimum Gasteiger partial charge on any atom is -0.0836 e. The lowest BCUT2D eigenvalue weighted by molar-refractivity contribution is 0.384. The molecule has 0 unspecified atom stereocenters. The molecule has 0 heteroatoms. The Morgan fingerprint density at radius 3 is 2.08 bits per heavy atom. The predicted molar refractivity (Wildman–Crippen MR) is 105 cm³/mol. The maximum absolute atomic E-state index is 2.41. The molecule has 0 N–H and O–H groups in total. The molecule has 1 fully saturated rings. The van der Waals surface area contributed by atoms with Gasteiger partial charge in [-0.3, -0.25) is 0 Å². The number of benzene rings is 2. The van der Waals surface area contributed by atoms with E-state index in [2.05, 4.69) is 76.2 Å². The van der Waals surface area contributed by atoms with Crippen LogP contribution in [0.2, 0.25) is 0 Å². The summed E-state index contributed by atoms with van der Waals surface area (Å²) in [5.74, 6) is 1.47. The molecule has 0 spiro atoms. The van der Waals surface area contributed by atoms with E-state index >= 15 is 0 Å². The number of rotatable bonds is 3. The van der Waals surface area contributed by atoms with Gasteiger partial charge in [0, 0.05) is 0 Å². The third-order valence-corrected chi connectivity index (χ3v) is 5.90. The molecular formula is C24H30. The van der Waals surface area contributed by atoms with Gasteiger partial charge < -0.3 is 0 Å². The van der Waals surface area contributed by atoms with Gasteiger partial charge in [-0.25, -0.2) is 0 Å². The first-order valence-corrected chi connectivity index (χ1v) is 9.39. The van der Waals surface area contributed by atoms with Crippen LogP contribution in [0.5, 0.6) is 0 Å². The van der Waals surface area contributed by atoms with Gasteiger partial charge in [0.1, 0.15) is 0 Å². The third-order valence-electron chi connectivity index (χ3n) is 5.90. The van der Waals surface area contributed by atoms with Crippen LogP contribution in [0, 0.1) is 26.7 Å². The molecule has 0 radical (unpaired) electrons. The average molecular weight is 319 g/mol. The van der Waals surface area contributed by atoms with E-state index in [1.165, 1.54) is 53.5 Å². The normalized spacial score (nSPS) is 21.8. The van der Waals surface area contributed by atoms with E-state index < -0.39 is 0 Å². The summed E-state index contributed by atoms with van der Waals surface area (Å²) < 4.78 is 0. The maximum Gasteiger partial charge on any atom is -0.0159 e. The van der Waals surface area contributed by atoms with E-state index in [1.54, 1.807) is 5.57 Å². The predicted octanol–water partition coefficient (Wildman–Crippen LogP) is 6.99. The van der Waals surface area contributed by atoms with Crippen molar-refractivity contribution in [2.24, 2.45) is 5.92 Å². The minimum atomic E-state index is 0.718. The second-order valence-corrected chi connectivity index (χ2v) is 7.45. The van der Waals surface area contributed by atoms with Gasteiger partial charge >= 0.3 is 0 Å². The fourth-order valence-electron chi connectivity index (χ4n) is 4.35. The van der Waals surface area contributed by atoms with Crippen LogP contribution >= 0.6 is 0 Å². The van der Waals surface area contributed by atoms with Gasteiger partial charge in [-0.2, -0.15) is 0 Å². The Morgan fingerprint density at radius 1 is 0.833 bits per heavy atom. The first-order chi connectivity index (χ1) is 11.6. The van der Waals surface area contributed by atoms with Gasteiger partial charge in [0.25, 0.3) is 0 Å². The molecule has 0 heterocycles. The Labute approximate surface area is 147 Å². The SMILES string of the molecule is C/C=C(\c1cc(C)c(C)cc1C)C1CCC(c2ccccc2)CC1. The van der Waals surface area contributed by atoms with Crippen molar-refractivity contribution >= 4 is 5.57 Å². The molecule has 0 nitrogen and oxygen atoms in total. The number of allylic oxidation sites excluding steroid dienone is 2.